The number of halogens is 1. The van der Waals surface area contributed by atoms with Crippen LogP contribution in [-0.4, -0.2) is 73.4 Å². The molecule has 126 valence electrons. The third kappa shape index (κ3) is 4.86. The molecular weight excluding hydrogens is 312 g/mol. The average Bonchev–Trinajstić information content (AvgIpc) is 2.52. The zero-order valence-electron chi connectivity index (χ0n) is 14.1. The van der Waals surface area contributed by atoms with E-state index in [1.54, 1.807) is 0 Å². The van der Waals surface area contributed by atoms with Gasteiger partial charge in [-0.2, -0.15) is 0 Å². The summed E-state index contributed by atoms with van der Waals surface area (Å²) in [6.45, 7) is 5.90. The summed E-state index contributed by atoms with van der Waals surface area (Å²) in [7, 11) is 4.01. The van der Waals surface area contributed by atoms with Crippen LogP contribution in [0.1, 0.15) is 12.5 Å². The van der Waals surface area contributed by atoms with Crippen LogP contribution >= 0.6 is 11.6 Å². The number of rotatable bonds is 3. The quantitative estimate of drug-likeness (QED) is 0.625. The first-order valence-electron chi connectivity index (χ1n) is 8.00. The molecule has 0 bridgehead atoms. The Hall–Kier alpha value is -1.75. The highest BCUT2D eigenvalue weighted by molar-refractivity contribution is 6.30. The van der Waals surface area contributed by atoms with Crippen LogP contribution < -0.4 is 0 Å². The molecule has 0 aliphatic carbocycles. The first-order chi connectivity index (χ1) is 11.0. The molecule has 1 aromatic carbocycles. The van der Waals surface area contributed by atoms with Crippen molar-refractivity contribution in [1.29, 1.82) is 0 Å². The normalized spacial score (nSPS) is 15.7. The molecule has 0 atom stereocenters. The number of piperazine rings is 1. The summed E-state index contributed by atoms with van der Waals surface area (Å²) >= 11 is 5.98. The third-order valence-electron chi connectivity index (χ3n) is 3.86. The Morgan fingerprint density at radius 2 is 1.87 bits per heavy atom. The zero-order chi connectivity index (χ0) is 16.8. The Morgan fingerprint density at radius 1 is 1.22 bits per heavy atom. The van der Waals surface area contributed by atoms with Gasteiger partial charge >= 0.3 is 0 Å². The molecule has 0 aromatic heterocycles. The van der Waals surface area contributed by atoms with Gasteiger partial charge in [0.15, 0.2) is 5.96 Å². The van der Waals surface area contributed by atoms with Crippen molar-refractivity contribution >= 4 is 23.5 Å². The summed E-state index contributed by atoms with van der Waals surface area (Å²) in [5, 5.41) is 0.673. The molecule has 1 saturated heterocycles. The predicted molar refractivity (Wildman–Crippen MR) is 95.0 cm³/mol. The van der Waals surface area contributed by atoms with Crippen LogP contribution in [0.5, 0.6) is 0 Å². The van der Waals surface area contributed by atoms with Crippen molar-refractivity contribution in [2.75, 3.05) is 46.8 Å². The SMILES string of the molecule is CCN=C(N(C)C)N1CCN(C(=O)Cc2cccc(Cl)c2)CC1. The molecule has 1 amide bonds. The Balaban J connectivity index is 1.91. The number of hydrogen-bond acceptors (Lipinski definition) is 2. The molecule has 1 aliphatic heterocycles. The second-order valence-electron chi connectivity index (χ2n) is 5.84. The first-order valence-corrected chi connectivity index (χ1v) is 8.38. The van der Waals surface area contributed by atoms with E-state index in [0.29, 0.717) is 11.4 Å². The van der Waals surface area contributed by atoms with Gasteiger partial charge < -0.3 is 14.7 Å². The van der Waals surface area contributed by atoms with Crippen molar-refractivity contribution in [2.45, 2.75) is 13.3 Å². The van der Waals surface area contributed by atoms with Crippen molar-refractivity contribution in [3.05, 3.63) is 34.9 Å². The molecule has 1 heterocycles. The minimum absolute atomic E-state index is 0.158. The Labute approximate surface area is 143 Å². The average molecular weight is 337 g/mol. The van der Waals surface area contributed by atoms with Gasteiger partial charge in [0.25, 0.3) is 0 Å². The van der Waals surface area contributed by atoms with E-state index in [2.05, 4.69) is 9.89 Å². The maximum absolute atomic E-state index is 12.4. The number of carbonyl (C=O) groups excluding carboxylic acids is 1. The zero-order valence-corrected chi connectivity index (χ0v) is 14.9. The van der Waals surface area contributed by atoms with Crippen molar-refractivity contribution < 1.29 is 4.79 Å². The van der Waals surface area contributed by atoms with Gasteiger partial charge in [-0.05, 0) is 24.6 Å². The fraction of sp³-hybridized carbons (Fsp3) is 0.529. The summed E-state index contributed by atoms with van der Waals surface area (Å²) in [5.41, 5.74) is 0.964. The second kappa shape index (κ2) is 8.20. The molecule has 0 spiro atoms. The van der Waals surface area contributed by atoms with Gasteiger partial charge in [-0.15, -0.1) is 0 Å². The topological polar surface area (TPSA) is 39.1 Å². The van der Waals surface area contributed by atoms with E-state index in [4.69, 9.17) is 11.6 Å². The molecule has 23 heavy (non-hydrogen) atoms. The van der Waals surface area contributed by atoms with Crippen molar-refractivity contribution in [1.82, 2.24) is 14.7 Å². The number of nitrogens with zero attached hydrogens (tertiary/aromatic N) is 4. The lowest BCUT2D eigenvalue weighted by Gasteiger charge is -2.38. The minimum atomic E-state index is 0.158. The monoisotopic (exact) mass is 336 g/mol. The maximum atomic E-state index is 12.4. The van der Waals surface area contributed by atoms with E-state index < -0.39 is 0 Å². The number of carbonyl (C=O) groups is 1. The molecule has 2 rings (SSSR count). The standard InChI is InChI=1S/C17H25ClN4O/c1-4-19-17(20(2)3)22-10-8-21(9-11-22)16(23)13-14-6-5-7-15(18)12-14/h5-7,12H,4,8-11,13H2,1-3H3. The number of amides is 1. The number of guanidine groups is 1. The lowest BCUT2D eigenvalue weighted by molar-refractivity contribution is -0.131. The number of aliphatic imine (C=N–C) groups is 1. The van der Waals surface area contributed by atoms with E-state index in [1.807, 2.05) is 55.1 Å². The highest BCUT2D eigenvalue weighted by atomic mass is 35.5. The van der Waals surface area contributed by atoms with E-state index in [1.165, 1.54) is 0 Å². The number of hydrogen-bond donors (Lipinski definition) is 0. The molecule has 6 heteroatoms. The van der Waals surface area contributed by atoms with E-state index in [0.717, 1.165) is 44.2 Å². The van der Waals surface area contributed by atoms with Crippen LogP contribution in [0.4, 0.5) is 0 Å². The van der Waals surface area contributed by atoms with Crippen LogP contribution in [-0.2, 0) is 11.2 Å². The van der Waals surface area contributed by atoms with Crippen molar-refractivity contribution in [3.63, 3.8) is 0 Å². The summed E-state index contributed by atoms with van der Waals surface area (Å²) < 4.78 is 0. The van der Waals surface area contributed by atoms with Gasteiger partial charge in [0, 0.05) is 51.8 Å². The molecule has 1 aromatic rings. The summed E-state index contributed by atoms with van der Waals surface area (Å²) in [5.74, 6) is 1.15. The molecular formula is C17H25ClN4O. The van der Waals surface area contributed by atoms with Gasteiger partial charge in [0.05, 0.1) is 6.42 Å². The fourth-order valence-electron chi connectivity index (χ4n) is 2.75. The molecule has 0 saturated carbocycles. The number of benzene rings is 1. The third-order valence-corrected chi connectivity index (χ3v) is 4.09. The molecule has 0 unspecified atom stereocenters. The highest BCUT2D eigenvalue weighted by Crippen LogP contribution is 2.13. The first kappa shape index (κ1) is 17.6. The second-order valence-corrected chi connectivity index (χ2v) is 6.28. The van der Waals surface area contributed by atoms with Crippen LogP contribution in [0, 0.1) is 0 Å². The Morgan fingerprint density at radius 3 is 2.43 bits per heavy atom. The van der Waals surface area contributed by atoms with Gasteiger partial charge in [-0.25, -0.2) is 0 Å². The van der Waals surface area contributed by atoms with Crippen LogP contribution in [0.3, 0.4) is 0 Å². The summed E-state index contributed by atoms with van der Waals surface area (Å²) in [4.78, 5) is 23.2. The molecule has 5 nitrogen and oxygen atoms in total. The Kier molecular flexibility index (Phi) is 6.28. The van der Waals surface area contributed by atoms with E-state index in [-0.39, 0.29) is 5.91 Å². The smallest absolute Gasteiger partial charge is 0.227 e. The minimum Gasteiger partial charge on any atom is -0.349 e. The van der Waals surface area contributed by atoms with E-state index in [9.17, 15) is 4.79 Å². The molecule has 0 N–H and O–H groups in total. The fourth-order valence-corrected chi connectivity index (χ4v) is 2.97. The van der Waals surface area contributed by atoms with Gasteiger partial charge in [0.2, 0.25) is 5.91 Å². The molecule has 1 aliphatic rings. The molecule has 0 radical (unpaired) electrons. The van der Waals surface area contributed by atoms with Gasteiger partial charge in [0.1, 0.15) is 0 Å². The lowest BCUT2D eigenvalue weighted by atomic mass is 10.1. The molecule has 1 fully saturated rings. The van der Waals surface area contributed by atoms with Gasteiger partial charge in [-0.3, -0.25) is 9.79 Å². The van der Waals surface area contributed by atoms with Crippen LogP contribution in [0.15, 0.2) is 29.3 Å². The Bertz CT molecular complexity index is 565. The summed E-state index contributed by atoms with van der Waals surface area (Å²) in [6.07, 6.45) is 0.407. The van der Waals surface area contributed by atoms with Crippen LogP contribution in [0.2, 0.25) is 5.02 Å². The van der Waals surface area contributed by atoms with Crippen LogP contribution in [0.25, 0.3) is 0 Å². The van der Waals surface area contributed by atoms with E-state index >= 15 is 0 Å². The predicted octanol–water partition coefficient (Wildman–Crippen LogP) is 1.96. The van der Waals surface area contributed by atoms with Crippen molar-refractivity contribution in [2.24, 2.45) is 4.99 Å². The van der Waals surface area contributed by atoms with Crippen molar-refractivity contribution in [3.8, 4) is 0 Å². The maximum Gasteiger partial charge on any atom is 0.227 e. The summed E-state index contributed by atoms with van der Waals surface area (Å²) in [6, 6.07) is 7.50. The largest absolute Gasteiger partial charge is 0.349 e. The lowest BCUT2D eigenvalue weighted by Crippen LogP contribution is -2.53. The highest BCUT2D eigenvalue weighted by Gasteiger charge is 2.23. The van der Waals surface area contributed by atoms with Gasteiger partial charge in [-0.1, -0.05) is 23.7 Å².